The lowest BCUT2D eigenvalue weighted by Crippen LogP contribution is -2.36. The summed E-state index contributed by atoms with van der Waals surface area (Å²) in [7, 11) is 0. The number of morpholine rings is 1. The van der Waals surface area contributed by atoms with Crippen molar-refractivity contribution in [2.45, 2.75) is 13.0 Å². The third-order valence-corrected chi connectivity index (χ3v) is 4.37. The number of amides is 1. The molecule has 1 aliphatic rings. The molecule has 1 atom stereocenters. The summed E-state index contributed by atoms with van der Waals surface area (Å²) in [5, 5.41) is 2.92. The zero-order chi connectivity index (χ0) is 18.5. The van der Waals surface area contributed by atoms with Crippen LogP contribution in [-0.4, -0.2) is 38.3 Å². The molecule has 1 fully saturated rings. The normalized spacial score (nSPS) is 15.4. The van der Waals surface area contributed by atoms with Crippen molar-refractivity contribution in [3.63, 3.8) is 0 Å². The van der Waals surface area contributed by atoms with E-state index in [0.29, 0.717) is 5.69 Å². The number of halogens is 2. The van der Waals surface area contributed by atoms with Crippen LogP contribution in [0.2, 0.25) is 5.02 Å². The summed E-state index contributed by atoms with van der Waals surface area (Å²) >= 11 is 5.92. The van der Waals surface area contributed by atoms with Gasteiger partial charge in [0.25, 0.3) is 5.91 Å². The number of carbonyl (C=O) groups excluding carboxylic acids is 1. The molecule has 1 saturated heterocycles. The third-order valence-electron chi connectivity index (χ3n) is 4.08. The Labute approximate surface area is 156 Å². The van der Waals surface area contributed by atoms with Crippen molar-refractivity contribution < 1.29 is 18.7 Å². The van der Waals surface area contributed by atoms with E-state index in [-0.39, 0.29) is 16.7 Å². The lowest BCUT2D eigenvalue weighted by atomic mass is 10.2. The van der Waals surface area contributed by atoms with Gasteiger partial charge in [-0.25, -0.2) is 4.39 Å². The molecule has 1 N–H and O–H groups in total. The Hall–Kier alpha value is -2.31. The monoisotopic (exact) mass is 378 g/mol. The first kappa shape index (κ1) is 18.5. The molecule has 5 nitrogen and oxygen atoms in total. The van der Waals surface area contributed by atoms with Gasteiger partial charge in [0.1, 0.15) is 11.6 Å². The van der Waals surface area contributed by atoms with E-state index in [9.17, 15) is 9.18 Å². The Morgan fingerprint density at radius 1 is 1.23 bits per heavy atom. The number of ether oxygens (including phenoxy) is 2. The third kappa shape index (κ3) is 4.65. The van der Waals surface area contributed by atoms with Crippen LogP contribution in [0.15, 0.2) is 42.5 Å². The van der Waals surface area contributed by atoms with Gasteiger partial charge in [-0.1, -0.05) is 11.6 Å². The molecule has 0 saturated carbocycles. The van der Waals surface area contributed by atoms with Crippen LogP contribution in [0.25, 0.3) is 0 Å². The van der Waals surface area contributed by atoms with E-state index in [2.05, 4.69) is 10.2 Å². The molecule has 2 aromatic rings. The Kier molecular flexibility index (Phi) is 5.96. The fourth-order valence-corrected chi connectivity index (χ4v) is 2.85. The summed E-state index contributed by atoms with van der Waals surface area (Å²) in [5.74, 6) is -0.511. The van der Waals surface area contributed by atoms with Crippen LogP contribution >= 0.6 is 11.6 Å². The van der Waals surface area contributed by atoms with Crippen LogP contribution in [0.5, 0.6) is 5.75 Å². The highest BCUT2D eigenvalue weighted by atomic mass is 35.5. The first-order valence-corrected chi connectivity index (χ1v) is 8.76. The van der Waals surface area contributed by atoms with E-state index in [4.69, 9.17) is 21.1 Å². The van der Waals surface area contributed by atoms with E-state index in [1.165, 1.54) is 12.1 Å². The van der Waals surface area contributed by atoms with Gasteiger partial charge in [-0.15, -0.1) is 0 Å². The van der Waals surface area contributed by atoms with Gasteiger partial charge in [0, 0.05) is 24.5 Å². The fraction of sp³-hybridized carbons (Fsp3) is 0.316. The van der Waals surface area contributed by atoms with E-state index >= 15 is 0 Å². The molecule has 0 aromatic heterocycles. The minimum absolute atomic E-state index is 0.125. The van der Waals surface area contributed by atoms with Crippen LogP contribution in [0, 0.1) is 5.82 Å². The highest BCUT2D eigenvalue weighted by Crippen LogP contribution is 2.26. The summed E-state index contributed by atoms with van der Waals surface area (Å²) in [5.41, 5.74) is 1.77. The molecule has 0 aliphatic carbocycles. The maximum atomic E-state index is 13.1. The molecule has 1 aliphatic heterocycles. The SMILES string of the molecule is CC(Oc1ccc(F)cc1Cl)C(=O)Nc1ccc(N2CCOCC2)cc1. The summed E-state index contributed by atoms with van der Waals surface area (Å²) in [4.78, 5) is 14.5. The van der Waals surface area contributed by atoms with Crippen LogP contribution in [0.3, 0.4) is 0 Å². The largest absolute Gasteiger partial charge is 0.479 e. The summed E-state index contributed by atoms with van der Waals surface area (Å²) in [6.07, 6.45) is -0.781. The Balaban J connectivity index is 1.58. The van der Waals surface area contributed by atoms with E-state index in [1.807, 2.05) is 24.3 Å². The fourth-order valence-electron chi connectivity index (χ4n) is 2.64. The Morgan fingerprint density at radius 3 is 2.58 bits per heavy atom. The minimum atomic E-state index is -0.781. The van der Waals surface area contributed by atoms with Crippen LogP contribution in [0.4, 0.5) is 15.8 Å². The number of benzene rings is 2. The van der Waals surface area contributed by atoms with Crippen molar-refractivity contribution >= 4 is 28.9 Å². The lowest BCUT2D eigenvalue weighted by molar-refractivity contribution is -0.122. The number of hydrogen-bond acceptors (Lipinski definition) is 4. The molecule has 26 heavy (non-hydrogen) atoms. The van der Waals surface area contributed by atoms with Gasteiger partial charge < -0.3 is 19.7 Å². The highest BCUT2D eigenvalue weighted by Gasteiger charge is 2.17. The van der Waals surface area contributed by atoms with Crippen molar-refractivity contribution in [2.24, 2.45) is 0 Å². The van der Waals surface area contributed by atoms with E-state index in [1.54, 1.807) is 6.92 Å². The smallest absolute Gasteiger partial charge is 0.265 e. The van der Waals surface area contributed by atoms with Gasteiger partial charge in [0.2, 0.25) is 0 Å². The average molecular weight is 379 g/mol. The van der Waals surface area contributed by atoms with Gasteiger partial charge >= 0.3 is 0 Å². The summed E-state index contributed by atoms with van der Waals surface area (Å²) < 4.78 is 23.9. The molecule has 0 radical (unpaired) electrons. The number of rotatable bonds is 5. The van der Waals surface area contributed by atoms with Crippen LogP contribution in [-0.2, 0) is 9.53 Å². The first-order chi connectivity index (χ1) is 12.5. The number of hydrogen-bond donors (Lipinski definition) is 1. The summed E-state index contributed by atoms with van der Waals surface area (Å²) in [6.45, 7) is 4.76. The van der Waals surface area contributed by atoms with Gasteiger partial charge in [-0.2, -0.15) is 0 Å². The standard InChI is InChI=1S/C19H20ClFN2O3/c1-13(26-18-7-2-14(21)12-17(18)20)19(24)22-15-3-5-16(6-4-15)23-8-10-25-11-9-23/h2-7,12-13H,8-11H2,1H3,(H,22,24). The first-order valence-electron chi connectivity index (χ1n) is 8.38. The number of nitrogens with one attached hydrogen (secondary N) is 1. The number of nitrogens with zero attached hydrogens (tertiary/aromatic N) is 1. The predicted molar refractivity (Wildman–Crippen MR) is 99.6 cm³/mol. The van der Waals surface area contributed by atoms with Gasteiger partial charge in [0.15, 0.2) is 6.10 Å². The molecule has 3 rings (SSSR count). The second-order valence-corrected chi connectivity index (χ2v) is 6.38. The molecule has 0 spiro atoms. The van der Waals surface area contributed by atoms with Crippen molar-refractivity contribution in [3.8, 4) is 5.75 Å². The second kappa shape index (κ2) is 8.38. The molecular weight excluding hydrogens is 359 g/mol. The van der Waals surface area contributed by atoms with Crippen molar-refractivity contribution in [1.82, 2.24) is 0 Å². The highest BCUT2D eigenvalue weighted by molar-refractivity contribution is 6.32. The lowest BCUT2D eigenvalue weighted by Gasteiger charge is -2.29. The maximum Gasteiger partial charge on any atom is 0.265 e. The van der Waals surface area contributed by atoms with E-state index < -0.39 is 11.9 Å². The quantitative estimate of drug-likeness (QED) is 0.861. The maximum absolute atomic E-state index is 13.1. The van der Waals surface area contributed by atoms with Crippen LogP contribution < -0.4 is 15.0 Å². The topological polar surface area (TPSA) is 50.8 Å². The molecule has 1 unspecified atom stereocenters. The van der Waals surface area contributed by atoms with Gasteiger partial charge in [-0.3, -0.25) is 4.79 Å². The van der Waals surface area contributed by atoms with Crippen LogP contribution in [0.1, 0.15) is 6.92 Å². The van der Waals surface area contributed by atoms with Gasteiger partial charge in [-0.05, 0) is 49.4 Å². The zero-order valence-electron chi connectivity index (χ0n) is 14.4. The second-order valence-electron chi connectivity index (χ2n) is 5.97. The predicted octanol–water partition coefficient (Wildman–Crippen LogP) is 3.72. The molecule has 1 amide bonds. The van der Waals surface area contributed by atoms with E-state index in [0.717, 1.165) is 38.1 Å². The number of carbonyl (C=O) groups is 1. The minimum Gasteiger partial charge on any atom is -0.479 e. The molecule has 7 heteroatoms. The summed E-state index contributed by atoms with van der Waals surface area (Å²) in [6, 6.07) is 11.4. The van der Waals surface area contributed by atoms with Crippen molar-refractivity contribution in [2.75, 3.05) is 36.5 Å². The van der Waals surface area contributed by atoms with Crippen molar-refractivity contribution in [1.29, 1.82) is 0 Å². The van der Waals surface area contributed by atoms with Gasteiger partial charge in [0.05, 0.1) is 18.2 Å². The molecule has 0 bridgehead atoms. The Morgan fingerprint density at radius 2 is 1.92 bits per heavy atom. The number of anilines is 2. The average Bonchev–Trinajstić information content (AvgIpc) is 2.65. The molecule has 2 aromatic carbocycles. The molecule has 1 heterocycles. The zero-order valence-corrected chi connectivity index (χ0v) is 15.1. The molecular formula is C19H20ClFN2O3. The van der Waals surface area contributed by atoms with Crippen molar-refractivity contribution in [3.05, 3.63) is 53.3 Å². The Bertz CT molecular complexity index is 764. The molecule has 138 valence electrons.